The first kappa shape index (κ1) is 17.5. The number of hydrogen-bond donors (Lipinski definition) is 1. The molecule has 3 heterocycles. The molecule has 27 heavy (non-hydrogen) atoms. The first-order chi connectivity index (χ1) is 13.2. The van der Waals surface area contributed by atoms with Crippen LogP contribution in [0.1, 0.15) is 16.2 Å². The molecule has 0 unspecified atom stereocenters. The summed E-state index contributed by atoms with van der Waals surface area (Å²) in [5.41, 5.74) is 2.59. The van der Waals surface area contributed by atoms with Gasteiger partial charge in [0.15, 0.2) is 0 Å². The van der Waals surface area contributed by atoms with Crippen molar-refractivity contribution in [2.45, 2.75) is 6.54 Å². The van der Waals surface area contributed by atoms with E-state index in [1.165, 1.54) is 0 Å². The average Bonchev–Trinajstić information content (AvgIpc) is 3.37. The number of carbonyl (C=O) groups is 1. The number of aromatic nitrogens is 3. The molecular formula is C20H15ClN4OS. The summed E-state index contributed by atoms with van der Waals surface area (Å²) in [5.74, 6) is -0.240. The predicted octanol–water partition coefficient (Wildman–Crippen LogP) is 4.58. The maximum atomic E-state index is 12.9. The van der Waals surface area contributed by atoms with Gasteiger partial charge in [0.25, 0.3) is 5.91 Å². The van der Waals surface area contributed by atoms with Gasteiger partial charge in [-0.2, -0.15) is 5.10 Å². The molecule has 0 aliphatic heterocycles. The Kier molecular flexibility index (Phi) is 5.00. The maximum Gasteiger partial charge on any atom is 0.270 e. The van der Waals surface area contributed by atoms with E-state index in [4.69, 9.17) is 11.6 Å². The van der Waals surface area contributed by atoms with Gasteiger partial charge in [-0.15, -0.1) is 11.3 Å². The lowest BCUT2D eigenvalue weighted by molar-refractivity contribution is 0.0942. The van der Waals surface area contributed by atoms with Gasteiger partial charge in [0.2, 0.25) is 0 Å². The number of nitrogens with zero attached hydrogens (tertiary/aromatic N) is 3. The number of hydrogen-bond acceptors (Lipinski definition) is 4. The van der Waals surface area contributed by atoms with Gasteiger partial charge in [0, 0.05) is 6.20 Å². The second-order valence-corrected chi connectivity index (χ2v) is 7.11. The third-order valence-corrected chi connectivity index (χ3v) is 5.16. The SMILES string of the molecule is O=C(NCc1ccccn1)c1cc(-c2cccs2)nn1-c1ccccc1Cl. The summed E-state index contributed by atoms with van der Waals surface area (Å²) < 4.78 is 1.59. The Labute approximate surface area is 165 Å². The van der Waals surface area contributed by atoms with Crippen LogP contribution >= 0.6 is 22.9 Å². The molecule has 0 saturated carbocycles. The van der Waals surface area contributed by atoms with E-state index in [2.05, 4.69) is 15.4 Å². The number of rotatable bonds is 5. The van der Waals surface area contributed by atoms with Gasteiger partial charge in [0.1, 0.15) is 11.4 Å². The Morgan fingerprint density at radius 3 is 2.70 bits per heavy atom. The number of nitrogens with one attached hydrogen (secondary N) is 1. The molecule has 0 saturated heterocycles. The number of halogens is 1. The Bertz CT molecular complexity index is 1060. The quantitative estimate of drug-likeness (QED) is 0.539. The third kappa shape index (κ3) is 3.77. The van der Waals surface area contributed by atoms with Crippen LogP contribution < -0.4 is 5.32 Å². The van der Waals surface area contributed by atoms with E-state index in [0.717, 1.165) is 16.3 Å². The highest BCUT2D eigenvalue weighted by Gasteiger charge is 2.19. The zero-order valence-electron chi connectivity index (χ0n) is 14.2. The summed E-state index contributed by atoms with van der Waals surface area (Å²) in [7, 11) is 0. The molecule has 3 aromatic heterocycles. The van der Waals surface area contributed by atoms with E-state index < -0.39 is 0 Å². The molecule has 1 aromatic carbocycles. The minimum atomic E-state index is -0.240. The molecule has 1 N–H and O–H groups in total. The van der Waals surface area contributed by atoms with Crippen molar-refractivity contribution < 1.29 is 4.79 Å². The smallest absolute Gasteiger partial charge is 0.270 e. The number of benzene rings is 1. The van der Waals surface area contributed by atoms with Crippen LogP contribution in [0.3, 0.4) is 0 Å². The number of para-hydroxylation sites is 1. The fourth-order valence-corrected chi connectivity index (χ4v) is 3.56. The molecule has 0 aliphatic carbocycles. The van der Waals surface area contributed by atoms with E-state index in [0.29, 0.717) is 22.9 Å². The summed E-state index contributed by atoms with van der Waals surface area (Å²) in [6, 6.07) is 18.6. The first-order valence-corrected chi connectivity index (χ1v) is 9.55. The lowest BCUT2D eigenvalue weighted by Gasteiger charge is -2.09. The highest BCUT2D eigenvalue weighted by atomic mass is 35.5. The molecule has 4 rings (SSSR count). The molecule has 0 atom stereocenters. The molecule has 7 heteroatoms. The summed E-state index contributed by atoms with van der Waals surface area (Å²) in [6.45, 7) is 0.335. The van der Waals surface area contributed by atoms with Crippen molar-refractivity contribution in [2.24, 2.45) is 0 Å². The van der Waals surface area contributed by atoms with Crippen molar-refractivity contribution >= 4 is 28.8 Å². The maximum absolute atomic E-state index is 12.9. The number of thiophene rings is 1. The first-order valence-electron chi connectivity index (χ1n) is 8.29. The number of carbonyl (C=O) groups excluding carboxylic acids is 1. The van der Waals surface area contributed by atoms with Crippen LogP contribution in [0.15, 0.2) is 72.2 Å². The van der Waals surface area contributed by atoms with Crippen molar-refractivity contribution in [1.82, 2.24) is 20.1 Å². The summed E-state index contributed by atoms with van der Waals surface area (Å²) in [4.78, 5) is 18.1. The van der Waals surface area contributed by atoms with Crippen LogP contribution in [-0.4, -0.2) is 20.7 Å². The largest absolute Gasteiger partial charge is 0.345 e. The highest BCUT2D eigenvalue weighted by Crippen LogP contribution is 2.28. The minimum absolute atomic E-state index is 0.240. The summed E-state index contributed by atoms with van der Waals surface area (Å²) in [5, 5.41) is 10.0. The zero-order valence-corrected chi connectivity index (χ0v) is 15.7. The van der Waals surface area contributed by atoms with Crippen molar-refractivity contribution in [1.29, 1.82) is 0 Å². The molecule has 5 nitrogen and oxygen atoms in total. The number of pyridine rings is 1. The molecule has 0 spiro atoms. The fourth-order valence-electron chi connectivity index (χ4n) is 2.66. The molecule has 134 valence electrons. The van der Waals surface area contributed by atoms with Crippen LogP contribution in [0.25, 0.3) is 16.3 Å². The van der Waals surface area contributed by atoms with Gasteiger partial charge < -0.3 is 5.32 Å². The normalized spacial score (nSPS) is 10.7. The molecule has 4 aromatic rings. The molecular weight excluding hydrogens is 380 g/mol. The van der Waals surface area contributed by atoms with Crippen molar-refractivity contribution in [3.63, 3.8) is 0 Å². The van der Waals surface area contributed by atoms with Crippen molar-refractivity contribution in [3.8, 4) is 16.3 Å². The zero-order chi connectivity index (χ0) is 18.6. The Morgan fingerprint density at radius 1 is 1.11 bits per heavy atom. The number of amides is 1. The third-order valence-electron chi connectivity index (χ3n) is 3.95. The lowest BCUT2D eigenvalue weighted by atomic mass is 10.2. The fraction of sp³-hybridized carbons (Fsp3) is 0.0500. The molecule has 0 aliphatic rings. The van der Waals surface area contributed by atoms with Crippen LogP contribution in [0, 0.1) is 0 Å². The second-order valence-electron chi connectivity index (χ2n) is 5.76. The Morgan fingerprint density at radius 2 is 1.96 bits per heavy atom. The summed E-state index contributed by atoms with van der Waals surface area (Å²) in [6.07, 6.45) is 1.70. The van der Waals surface area contributed by atoms with Gasteiger partial charge in [-0.25, -0.2) is 4.68 Å². The van der Waals surface area contributed by atoms with Gasteiger partial charge in [-0.05, 0) is 41.8 Å². The predicted molar refractivity (Wildman–Crippen MR) is 107 cm³/mol. The van der Waals surface area contributed by atoms with Crippen LogP contribution in [0.5, 0.6) is 0 Å². The van der Waals surface area contributed by atoms with E-state index in [1.807, 2.05) is 53.9 Å². The monoisotopic (exact) mass is 394 g/mol. The van der Waals surface area contributed by atoms with Gasteiger partial charge in [-0.1, -0.05) is 35.9 Å². The molecule has 0 radical (unpaired) electrons. The molecule has 0 fully saturated rings. The van der Waals surface area contributed by atoms with Crippen LogP contribution in [0.2, 0.25) is 5.02 Å². The van der Waals surface area contributed by atoms with Gasteiger partial charge in [-0.3, -0.25) is 9.78 Å². The lowest BCUT2D eigenvalue weighted by Crippen LogP contribution is -2.25. The van der Waals surface area contributed by atoms with E-state index in [-0.39, 0.29) is 5.91 Å². The highest BCUT2D eigenvalue weighted by molar-refractivity contribution is 7.13. The summed E-state index contributed by atoms with van der Waals surface area (Å²) >= 11 is 7.91. The van der Waals surface area contributed by atoms with E-state index in [1.54, 1.807) is 34.3 Å². The van der Waals surface area contributed by atoms with E-state index >= 15 is 0 Å². The van der Waals surface area contributed by atoms with Crippen LogP contribution in [0.4, 0.5) is 0 Å². The van der Waals surface area contributed by atoms with Crippen LogP contribution in [-0.2, 0) is 6.54 Å². The van der Waals surface area contributed by atoms with Gasteiger partial charge >= 0.3 is 0 Å². The average molecular weight is 395 g/mol. The van der Waals surface area contributed by atoms with Crippen molar-refractivity contribution in [2.75, 3.05) is 0 Å². The molecule has 0 bridgehead atoms. The van der Waals surface area contributed by atoms with E-state index in [9.17, 15) is 4.79 Å². The standard InChI is InChI=1S/C20H15ClN4OS/c21-15-7-1-2-8-17(15)25-18(12-16(24-25)19-9-5-11-27-19)20(26)23-13-14-6-3-4-10-22-14/h1-12H,13H2,(H,23,26). The minimum Gasteiger partial charge on any atom is -0.345 e. The molecule has 1 amide bonds. The Hall–Kier alpha value is -2.96. The van der Waals surface area contributed by atoms with Crippen molar-refractivity contribution in [3.05, 3.63) is 88.7 Å². The van der Waals surface area contributed by atoms with Gasteiger partial charge in [0.05, 0.1) is 27.8 Å². The Balaban J connectivity index is 1.70. The topological polar surface area (TPSA) is 59.8 Å². The second kappa shape index (κ2) is 7.73.